The van der Waals surface area contributed by atoms with Crippen LogP contribution in [0.3, 0.4) is 0 Å². The second-order valence-electron chi connectivity index (χ2n) is 3.26. The van der Waals surface area contributed by atoms with Crippen molar-refractivity contribution in [1.82, 2.24) is 0 Å². The highest BCUT2D eigenvalue weighted by Crippen LogP contribution is 2.42. The Balaban J connectivity index is 2.53. The van der Waals surface area contributed by atoms with E-state index in [1.807, 2.05) is 6.92 Å². The molecule has 3 nitrogen and oxygen atoms in total. The molecule has 0 aliphatic carbocycles. The van der Waals surface area contributed by atoms with Gasteiger partial charge < -0.3 is 0 Å². The minimum absolute atomic E-state index is 0.000864. The van der Waals surface area contributed by atoms with E-state index in [4.69, 9.17) is 10.7 Å². The van der Waals surface area contributed by atoms with E-state index in [2.05, 4.69) is 0 Å². The van der Waals surface area contributed by atoms with Gasteiger partial charge in [-0.1, -0.05) is 6.92 Å². The maximum atomic E-state index is 11.6. The molecule has 15 heavy (non-hydrogen) atoms. The average Bonchev–Trinajstić information content (AvgIpc) is 2.46. The molecule has 0 spiro atoms. The van der Waals surface area contributed by atoms with Gasteiger partial charge in [-0.25, -0.2) is 8.42 Å². The molecule has 0 N–H and O–H groups in total. The van der Waals surface area contributed by atoms with Crippen molar-refractivity contribution in [3.05, 3.63) is 11.6 Å². The zero-order chi connectivity index (χ0) is 11.2. The number of Topliss-reactive ketones (excluding diaryl/α,β-unsaturated/α-hetero) is 1. The van der Waals surface area contributed by atoms with Crippen LogP contribution in [0.25, 0.3) is 0 Å². The zero-order valence-corrected chi connectivity index (χ0v) is 10.9. The van der Waals surface area contributed by atoms with Gasteiger partial charge in [0.25, 0.3) is 9.05 Å². The smallest absolute Gasteiger partial charge is 0.270 e. The summed E-state index contributed by atoms with van der Waals surface area (Å²) in [5.74, 6) is -0.000864. The summed E-state index contributed by atoms with van der Waals surface area (Å²) in [6.45, 7) is 1.94. The van der Waals surface area contributed by atoms with Crippen molar-refractivity contribution in [2.24, 2.45) is 0 Å². The molecule has 0 saturated heterocycles. The van der Waals surface area contributed by atoms with Gasteiger partial charge in [0.05, 0.1) is 4.21 Å². The zero-order valence-electron chi connectivity index (χ0n) is 7.69. The lowest BCUT2D eigenvalue weighted by atomic mass is 10.1. The number of carbonyl (C=O) groups is 1. The minimum atomic E-state index is -3.71. The summed E-state index contributed by atoms with van der Waals surface area (Å²) in [7, 11) is 1.51. The van der Waals surface area contributed by atoms with Crippen molar-refractivity contribution in [2.45, 2.75) is 27.0 Å². The second-order valence-corrected chi connectivity index (χ2v) is 8.81. The second kappa shape index (κ2) is 3.76. The predicted octanol–water partition coefficient (Wildman–Crippen LogP) is 2.74. The van der Waals surface area contributed by atoms with Gasteiger partial charge >= 0.3 is 0 Å². The third-order valence-corrected chi connectivity index (χ3v) is 6.54. The number of thiophene rings is 1. The number of ketones is 1. The van der Waals surface area contributed by atoms with Crippen LogP contribution >= 0.6 is 33.8 Å². The normalized spacial score (nSPS) is 21.5. The summed E-state index contributed by atoms with van der Waals surface area (Å²) in [5, 5.41) is 0.203. The van der Waals surface area contributed by atoms with E-state index < -0.39 is 9.05 Å². The third-order valence-electron chi connectivity index (χ3n) is 2.00. The number of carbonyl (C=O) groups excluding carboxylic acids is 1. The molecule has 1 aliphatic rings. The summed E-state index contributed by atoms with van der Waals surface area (Å²) in [6.07, 6.45) is 0.455. The molecule has 0 bridgehead atoms. The Morgan fingerprint density at radius 1 is 1.53 bits per heavy atom. The highest BCUT2D eigenvalue weighted by molar-refractivity contribution is 8.15. The Morgan fingerprint density at radius 2 is 2.20 bits per heavy atom. The van der Waals surface area contributed by atoms with Crippen molar-refractivity contribution in [3.8, 4) is 0 Å². The standard InChI is InChI=1S/C8H7ClO3S3/c1-4-2-6(10)5-3-7(15(9,11)12)14-8(5)13-4/h3-4H,2H2,1H3. The predicted molar refractivity (Wildman–Crippen MR) is 61.6 cm³/mol. The highest BCUT2D eigenvalue weighted by Gasteiger charge is 2.28. The first-order chi connectivity index (χ1) is 6.88. The molecule has 2 heterocycles. The molecular formula is C8H7ClO3S3. The monoisotopic (exact) mass is 282 g/mol. The lowest BCUT2D eigenvalue weighted by molar-refractivity contribution is 0.0979. The van der Waals surface area contributed by atoms with Crippen LogP contribution in [0.15, 0.2) is 14.5 Å². The number of hydrogen-bond acceptors (Lipinski definition) is 5. The molecule has 1 aromatic heterocycles. The van der Waals surface area contributed by atoms with E-state index in [1.54, 1.807) is 0 Å². The van der Waals surface area contributed by atoms with Gasteiger partial charge in [-0.3, -0.25) is 4.79 Å². The van der Waals surface area contributed by atoms with Gasteiger partial charge in [0.1, 0.15) is 4.21 Å². The van der Waals surface area contributed by atoms with Gasteiger partial charge in [0.2, 0.25) is 0 Å². The highest BCUT2D eigenvalue weighted by atomic mass is 35.7. The van der Waals surface area contributed by atoms with E-state index in [9.17, 15) is 13.2 Å². The Kier molecular flexibility index (Phi) is 2.87. The lowest BCUT2D eigenvalue weighted by Crippen LogP contribution is -2.12. The van der Waals surface area contributed by atoms with E-state index in [1.165, 1.54) is 17.8 Å². The molecule has 0 saturated carbocycles. The fraction of sp³-hybridized carbons (Fsp3) is 0.375. The summed E-state index contributed by atoms with van der Waals surface area (Å²) < 4.78 is 23.0. The van der Waals surface area contributed by atoms with Gasteiger partial charge in [-0.05, 0) is 6.07 Å². The van der Waals surface area contributed by atoms with Gasteiger partial charge in [-0.2, -0.15) is 0 Å². The molecule has 0 fully saturated rings. The Labute approximate surface area is 100 Å². The average molecular weight is 283 g/mol. The summed E-state index contributed by atoms with van der Waals surface area (Å²) in [5.41, 5.74) is 0.502. The summed E-state index contributed by atoms with van der Waals surface area (Å²) in [6, 6.07) is 1.38. The van der Waals surface area contributed by atoms with Crippen molar-refractivity contribution >= 4 is 48.6 Å². The molecule has 1 atom stereocenters. The SMILES string of the molecule is CC1CC(=O)c2cc(S(=O)(=O)Cl)sc2S1. The first-order valence-electron chi connectivity index (χ1n) is 4.16. The van der Waals surface area contributed by atoms with Gasteiger partial charge in [-0.15, -0.1) is 23.1 Å². The number of halogens is 1. The van der Waals surface area contributed by atoms with Crippen LogP contribution in [0.1, 0.15) is 23.7 Å². The Bertz CT molecular complexity index is 517. The molecule has 1 aliphatic heterocycles. The molecular weight excluding hydrogens is 276 g/mol. The molecule has 82 valence electrons. The van der Waals surface area contributed by atoms with Crippen molar-refractivity contribution in [1.29, 1.82) is 0 Å². The topological polar surface area (TPSA) is 51.2 Å². The number of hydrogen-bond donors (Lipinski definition) is 0. The number of rotatable bonds is 1. The Hall–Kier alpha value is -0.0400. The molecule has 0 aromatic carbocycles. The lowest BCUT2D eigenvalue weighted by Gasteiger charge is -2.15. The quantitative estimate of drug-likeness (QED) is 0.743. The van der Waals surface area contributed by atoms with Gasteiger partial charge in [0.15, 0.2) is 5.78 Å². The number of thioether (sulfide) groups is 1. The van der Waals surface area contributed by atoms with Crippen LogP contribution in [0.4, 0.5) is 0 Å². The van der Waals surface area contributed by atoms with Crippen LogP contribution in [0.2, 0.25) is 0 Å². The van der Waals surface area contributed by atoms with Crippen LogP contribution in [0, 0.1) is 0 Å². The first kappa shape index (κ1) is 11.4. The summed E-state index contributed by atoms with van der Waals surface area (Å²) >= 11 is 2.60. The van der Waals surface area contributed by atoms with E-state index in [0.29, 0.717) is 12.0 Å². The first-order valence-corrected chi connectivity index (χ1v) is 8.17. The number of fused-ring (bicyclic) bond motifs is 1. The van der Waals surface area contributed by atoms with Gasteiger partial charge in [0, 0.05) is 27.9 Å². The fourth-order valence-electron chi connectivity index (χ4n) is 1.35. The molecule has 2 rings (SSSR count). The van der Waals surface area contributed by atoms with Crippen molar-refractivity contribution in [2.75, 3.05) is 0 Å². The molecule has 1 aromatic rings. The van der Waals surface area contributed by atoms with Crippen molar-refractivity contribution in [3.63, 3.8) is 0 Å². The molecule has 0 radical (unpaired) electrons. The van der Waals surface area contributed by atoms with E-state index in [0.717, 1.165) is 15.5 Å². The molecule has 7 heteroatoms. The van der Waals surface area contributed by atoms with Crippen LogP contribution in [0.5, 0.6) is 0 Å². The third kappa shape index (κ3) is 2.22. The maximum Gasteiger partial charge on any atom is 0.270 e. The summed E-state index contributed by atoms with van der Waals surface area (Å²) in [4.78, 5) is 11.6. The van der Waals surface area contributed by atoms with Crippen LogP contribution in [-0.2, 0) is 9.05 Å². The fourth-order valence-corrected chi connectivity index (χ4v) is 5.33. The minimum Gasteiger partial charge on any atom is -0.294 e. The van der Waals surface area contributed by atoms with E-state index in [-0.39, 0.29) is 15.2 Å². The van der Waals surface area contributed by atoms with Crippen molar-refractivity contribution < 1.29 is 13.2 Å². The molecule has 0 amide bonds. The molecule has 1 unspecified atom stereocenters. The van der Waals surface area contributed by atoms with Crippen LogP contribution < -0.4 is 0 Å². The Morgan fingerprint density at radius 3 is 2.80 bits per heavy atom. The largest absolute Gasteiger partial charge is 0.294 e. The van der Waals surface area contributed by atoms with E-state index >= 15 is 0 Å². The maximum absolute atomic E-state index is 11.6. The van der Waals surface area contributed by atoms with Crippen LogP contribution in [-0.4, -0.2) is 19.5 Å².